The lowest BCUT2D eigenvalue weighted by Crippen LogP contribution is -1.96. The summed E-state index contributed by atoms with van der Waals surface area (Å²) in [6.07, 6.45) is 0. The van der Waals surface area contributed by atoms with Crippen molar-refractivity contribution in [2.75, 3.05) is 0 Å². The molecule has 0 unspecified atom stereocenters. The molecule has 0 atom stereocenters. The number of hydrogen-bond donors (Lipinski definition) is 0. The average Bonchev–Trinajstić information content (AvgIpc) is 3.91. The van der Waals surface area contributed by atoms with Gasteiger partial charge in [-0.3, -0.25) is 0 Å². The molecule has 12 aromatic rings. The van der Waals surface area contributed by atoms with Crippen LogP contribution in [0.4, 0.5) is 0 Å². The Balaban J connectivity index is 1.05. The second-order valence-corrected chi connectivity index (χ2v) is 14.5. The van der Waals surface area contributed by atoms with Gasteiger partial charge in [-0.2, -0.15) is 0 Å². The van der Waals surface area contributed by atoms with E-state index in [4.69, 9.17) is 4.42 Å². The molecule has 0 aliphatic carbocycles. The SMILES string of the molecule is c1ccc(-c2ccc(-n3c4ccccc4c4cc(-c5ccc6c(c5)c5ccccc5n6-c5cccc6c5oc5ccccc56)ccc43)c3ccccc23)cc1. The first-order valence-corrected chi connectivity index (χ1v) is 18.9. The zero-order valence-electron chi connectivity index (χ0n) is 29.8. The van der Waals surface area contributed by atoms with Gasteiger partial charge in [0.2, 0.25) is 0 Å². The van der Waals surface area contributed by atoms with Crippen LogP contribution in [-0.2, 0) is 0 Å². The van der Waals surface area contributed by atoms with E-state index in [-0.39, 0.29) is 0 Å². The molecule has 3 heteroatoms. The Hall–Kier alpha value is -7.36. The number of para-hydroxylation sites is 4. The molecule has 9 aromatic carbocycles. The Morgan fingerprint density at radius 2 is 0.818 bits per heavy atom. The number of hydrogen-bond acceptors (Lipinski definition) is 1. The quantitative estimate of drug-likeness (QED) is 0.179. The van der Waals surface area contributed by atoms with E-state index in [0.29, 0.717) is 0 Å². The topological polar surface area (TPSA) is 23.0 Å². The van der Waals surface area contributed by atoms with Crippen LogP contribution in [0.1, 0.15) is 0 Å². The maximum atomic E-state index is 6.54. The first-order valence-electron chi connectivity index (χ1n) is 18.9. The van der Waals surface area contributed by atoms with Crippen molar-refractivity contribution in [1.29, 1.82) is 0 Å². The van der Waals surface area contributed by atoms with Gasteiger partial charge in [-0.05, 0) is 82.2 Å². The molecule has 12 rings (SSSR count). The third-order valence-electron chi connectivity index (χ3n) is 11.5. The van der Waals surface area contributed by atoms with Crippen LogP contribution < -0.4 is 0 Å². The highest BCUT2D eigenvalue weighted by Gasteiger charge is 2.20. The van der Waals surface area contributed by atoms with E-state index in [1.165, 1.54) is 71.3 Å². The summed E-state index contributed by atoms with van der Waals surface area (Å²) in [7, 11) is 0. The smallest absolute Gasteiger partial charge is 0.159 e. The molecule has 0 aliphatic heterocycles. The molecule has 0 amide bonds. The van der Waals surface area contributed by atoms with Gasteiger partial charge >= 0.3 is 0 Å². The van der Waals surface area contributed by atoms with Gasteiger partial charge in [-0.1, -0.05) is 140 Å². The van der Waals surface area contributed by atoms with Crippen LogP contribution in [0, 0.1) is 0 Å². The van der Waals surface area contributed by atoms with Crippen molar-refractivity contribution >= 4 is 76.3 Å². The van der Waals surface area contributed by atoms with Crippen LogP contribution >= 0.6 is 0 Å². The second kappa shape index (κ2) is 11.6. The molecular weight excluding hydrogens is 669 g/mol. The minimum atomic E-state index is 0.903. The Kier molecular flexibility index (Phi) is 6.34. The van der Waals surface area contributed by atoms with Crippen molar-refractivity contribution in [3.05, 3.63) is 194 Å². The van der Waals surface area contributed by atoms with Gasteiger partial charge in [0.05, 0.1) is 33.4 Å². The summed E-state index contributed by atoms with van der Waals surface area (Å²) in [5.74, 6) is 0. The van der Waals surface area contributed by atoms with E-state index >= 15 is 0 Å². The molecule has 3 heterocycles. The third-order valence-corrected chi connectivity index (χ3v) is 11.5. The van der Waals surface area contributed by atoms with E-state index in [1.54, 1.807) is 0 Å². The normalized spacial score (nSPS) is 12.0. The fraction of sp³-hybridized carbons (Fsp3) is 0. The first kappa shape index (κ1) is 30.1. The molecule has 256 valence electrons. The predicted molar refractivity (Wildman–Crippen MR) is 231 cm³/mol. The van der Waals surface area contributed by atoms with Crippen molar-refractivity contribution < 1.29 is 4.42 Å². The van der Waals surface area contributed by atoms with Crippen molar-refractivity contribution in [3.63, 3.8) is 0 Å². The summed E-state index contributed by atoms with van der Waals surface area (Å²) < 4.78 is 11.3. The largest absolute Gasteiger partial charge is 0.454 e. The van der Waals surface area contributed by atoms with Crippen LogP contribution in [0.3, 0.4) is 0 Å². The number of nitrogens with zero attached hydrogens (tertiary/aromatic N) is 2. The van der Waals surface area contributed by atoms with Crippen LogP contribution in [0.2, 0.25) is 0 Å². The summed E-state index contributed by atoms with van der Waals surface area (Å²) in [6.45, 7) is 0. The van der Waals surface area contributed by atoms with Gasteiger partial charge in [-0.15, -0.1) is 0 Å². The Morgan fingerprint density at radius 3 is 1.51 bits per heavy atom. The lowest BCUT2D eigenvalue weighted by atomic mass is 9.97. The van der Waals surface area contributed by atoms with E-state index in [9.17, 15) is 0 Å². The molecule has 0 fully saturated rings. The lowest BCUT2D eigenvalue weighted by molar-refractivity contribution is 0.666. The highest BCUT2D eigenvalue weighted by atomic mass is 16.3. The van der Waals surface area contributed by atoms with Crippen molar-refractivity contribution in [2.45, 2.75) is 0 Å². The molecule has 0 spiro atoms. The van der Waals surface area contributed by atoms with Crippen molar-refractivity contribution in [3.8, 4) is 33.6 Å². The van der Waals surface area contributed by atoms with Crippen molar-refractivity contribution in [1.82, 2.24) is 9.13 Å². The number of rotatable bonds is 4. The Morgan fingerprint density at radius 1 is 0.291 bits per heavy atom. The predicted octanol–water partition coefficient (Wildman–Crippen LogP) is 14.3. The zero-order chi connectivity index (χ0) is 36.0. The lowest BCUT2D eigenvalue weighted by Gasteiger charge is -2.15. The fourth-order valence-corrected chi connectivity index (χ4v) is 9.08. The van der Waals surface area contributed by atoms with Crippen LogP contribution in [-0.4, -0.2) is 9.13 Å². The molecule has 3 aromatic heterocycles. The molecule has 0 saturated heterocycles. The van der Waals surface area contributed by atoms with Gasteiger partial charge in [0.15, 0.2) is 5.58 Å². The first-order chi connectivity index (χ1) is 27.3. The monoisotopic (exact) mass is 700 g/mol. The molecule has 55 heavy (non-hydrogen) atoms. The average molecular weight is 701 g/mol. The molecular formula is C52H32N2O. The number of furan rings is 1. The molecule has 0 N–H and O–H groups in total. The van der Waals surface area contributed by atoms with Crippen LogP contribution in [0.25, 0.3) is 110 Å². The summed E-state index contributed by atoms with van der Waals surface area (Å²) in [4.78, 5) is 0. The summed E-state index contributed by atoms with van der Waals surface area (Å²) >= 11 is 0. The molecule has 0 saturated carbocycles. The second-order valence-electron chi connectivity index (χ2n) is 14.5. The van der Waals surface area contributed by atoms with Crippen LogP contribution in [0.5, 0.6) is 0 Å². The highest BCUT2D eigenvalue weighted by molar-refractivity contribution is 6.15. The summed E-state index contributed by atoms with van der Waals surface area (Å²) in [6, 6.07) is 70.2. The fourth-order valence-electron chi connectivity index (χ4n) is 9.08. The van der Waals surface area contributed by atoms with E-state index < -0.39 is 0 Å². The van der Waals surface area contributed by atoms with Crippen LogP contribution in [0.15, 0.2) is 199 Å². The van der Waals surface area contributed by atoms with Gasteiger partial charge in [0.1, 0.15) is 5.58 Å². The Labute approximate surface area is 316 Å². The van der Waals surface area contributed by atoms with Gasteiger partial charge in [0, 0.05) is 37.7 Å². The minimum Gasteiger partial charge on any atom is -0.454 e. The standard InChI is InChI=1S/C52H32N2O/c1-2-13-33(14-3-1)36-27-30-47(38-16-5-4-15-37(36)38)53-45-21-9-6-17-39(45)43-31-34(25-28-48(43)53)35-26-29-49-44(32-35)40-18-7-10-22-46(40)54(49)50-23-12-20-42-41-19-8-11-24-51(41)55-52(42)50/h1-32H. The van der Waals surface area contributed by atoms with Crippen molar-refractivity contribution in [2.24, 2.45) is 0 Å². The summed E-state index contributed by atoms with van der Waals surface area (Å²) in [5, 5.41) is 9.66. The Bertz CT molecular complexity index is 3490. The molecule has 0 aliphatic rings. The third kappa shape index (κ3) is 4.38. The molecule has 0 radical (unpaired) electrons. The molecule has 3 nitrogen and oxygen atoms in total. The minimum absolute atomic E-state index is 0.903. The van der Waals surface area contributed by atoms with E-state index in [0.717, 1.165) is 38.7 Å². The summed E-state index contributed by atoms with van der Waals surface area (Å²) in [5.41, 5.74) is 13.6. The molecule has 0 bridgehead atoms. The number of benzene rings is 9. The van der Waals surface area contributed by atoms with Gasteiger partial charge in [0.25, 0.3) is 0 Å². The number of aromatic nitrogens is 2. The van der Waals surface area contributed by atoms with E-state index in [2.05, 4.69) is 197 Å². The van der Waals surface area contributed by atoms with Gasteiger partial charge < -0.3 is 13.6 Å². The highest BCUT2D eigenvalue weighted by Crippen LogP contribution is 2.42. The maximum Gasteiger partial charge on any atom is 0.159 e. The number of fused-ring (bicyclic) bond motifs is 10. The van der Waals surface area contributed by atoms with Gasteiger partial charge in [-0.25, -0.2) is 0 Å². The van der Waals surface area contributed by atoms with E-state index in [1.807, 2.05) is 6.07 Å². The zero-order valence-corrected chi connectivity index (χ0v) is 29.8. The maximum absolute atomic E-state index is 6.54.